The fourth-order valence-corrected chi connectivity index (χ4v) is 3.58. The predicted octanol–water partition coefficient (Wildman–Crippen LogP) is 3.97. The molecule has 0 aliphatic heterocycles. The summed E-state index contributed by atoms with van der Waals surface area (Å²) in [7, 11) is 1.81. The summed E-state index contributed by atoms with van der Waals surface area (Å²) in [6.07, 6.45) is 0. The van der Waals surface area contributed by atoms with Gasteiger partial charge >= 0.3 is 0 Å². The van der Waals surface area contributed by atoms with Crippen molar-refractivity contribution in [3.8, 4) is 11.3 Å². The summed E-state index contributed by atoms with van der Waals surface area (Å²) < 4.78 is 19.3. The minimum atomic E-state index is -0.270. The number of hydrogen-bond donors (Lipinski definition) is 1. The summed E-state index contributed by atoms with van der Waals surface area (Å²) in [5.74, 6) is 1.05. The molecule has 0 radical (unpaired) electrons. The Kier molecular flexibility index (Phi) is 4.39. The Labute approximate surface area is 134 Å². The minimum Gasteiger partial charge on any atom is -0.363 e. The summed E-state index contributed by atoms with van der Waals surface area (Å²) in [6, 6.07) is 6.19. The van der Waals surface area contributed by atoms with Crippen LogP contribution in [0, 0.1) is 12.7 Å². The van der Waals surface area contributed by atoms with Gasteiger partial charge in [0.1, 0.15) is 5.82 Å². The zero-order valence-electron chi connectivity index (χ0n) is 12.0. The van der Waals surface area contributed by atoms with Gasteiger partial charge in [-0.05, 0) is 31.2 Å². The summed E-state index contributed by atoms with van der Waals surface area (Å²) in [4.78, 5) is 0. The zero-order valence-corrected chi connectivity index (χ0v) is 13.6. The quantitative estimate of drug-likeness (QED) is 0.711. The van der Waals surface area contributed by atoms with E-state index in [0.717, 1.165) is 26.3 Å². The summed E-state index contributed by atoms with van der Waals surface area (Å²) in [5.41, 5.74) is 2.62. The Morgan fingerprint density at radius 1 is 1.27 bits per heavy atom. The highest BCUT2D eigenvalue weighted by atomic mass is 32.2. The lowest BCUT2D eigenvalue weighted by Crippen LogP contribution is -1.85. The van der Waals surface area contributed by atoms with Gasteiger partial charge in [-0.25, -0.2) is 4.39 Å². The van der Waals surface area contributed by atoms with E-state index in [1.165, 1.54) is 23.5 Å². The Morgan fingerprint density at radius 2 is 2.05 bits per heavy atom. The molecular formula is C14H13FN4OS2. The van der Waals surface area contributed by atoms with Gasteiger partial charge in [0.05, 0.1) is 5.69 Å². The van der Waals surface area contributed by atoms with Crippen LogP contribution in [0.4, 0.5) is 9.52 Å². The molecule has 2 aromatic heterocycles. The molecule has 0 spiro atoms. The van der Waals surface area contributed by atoms with Crippen LogP contribution in [0.3, 0.4) is 0 Å². The first-order valence-electron chi connectivity index (χ1n) is 6.52. The molecular weight excluding hydrogens is 323 g/mol. The molecule has 1 N–H and O–H groups in total. The average Bonchev–Trinajstić information content (AvgIpc) is 3.13. The van der Waals surface area contributed by atoms with Crippen molar-refractivity contribution in [3.63, 3.8) is 0 Å². The van der Waals surface area contributed by atoms with E-state index in [4.69, 9.17) is 4.52 Å². The van der Waals surface area contributed by atoms with Crippen LogP contribution < -0.4 is 5.32 Å². The smallest absolute Gasteiger partial charge is 0.206 e. The fraction of sp³-hybridized carbons (Fsp3) is 0.214. The van der Waals surface area contributed by atoms with Crippen molar-refractivity contribution in [2.45, 2.75) is 17.0 Å². The van der Waals surface area contributed by atoms with E-state index in [0.29, 0.717) is 11.5 Å². The van der Waals surface area contributed by atoms with Gasteiger partial charge in [-0.15, -0.1) is 10.2 Å². The maximum Gasteiger partial charge on any atom is 0.206 e. The molecule has 0 aliphatic rings. The molecule has 0 atom stereocenters. The third kappa shape index (κ3) is 3.12. The van der Waals surface area contributed by atoms with Gasteiger partial charge in [-0.2, -0.15) is 0 Å². The molecule has 1 aromatic carbocycles. The molecule has 2 heterocycles. The summed E-state index contributed by atoms with van der Waals surface area (Å²) >= 11 is 3.05. The topological polar surface area (TPSA) is 63.8 Å². The van der Waals surface area contributed by atoms with E-state index < -0.39 is 0 Å². The molecule has 114 valence electrons. The van der Waals surface area contributed by atoms with Crippen molar-refractivity contribution in [3.05, 3.63) is 41.3 Å². The van der Waals surface area contributed by atoms with E-state index in [1.54, 1.807) is 23.9 Å². The third-order valence-electron chi connectivity index (χ3n) is 3.08. The highest BCUT2D eigenvalue weighted by molar-refractivity contribution is 8.00. The molecule has 0 saturated carbocycles. The molecule has 3 aromatic rings. The van der Waals surface area contributed by atoms with Crippen LogP contribution in [0.2, 0.25) is 0 Å². The van der Waals surface area contributed by atoms with Gasteiger partial charge in [-0.1, -0.05) is 28.3 Å². The van der Waals surface area contributed by atoms with Crippen LogP contribution in [0.1, 0.15) is 11.3 Å². The second-order valence-electron chi connectivity index (χ2n) is 4.50. The Morgan fingerprint density at radius 3 is 2.73 bits per heavy atom. The van der Waals surface area contributed by atoms with Crippen molar-refractivity contribution in [1.82, 2.24) is 15.4 Å². The fourth-order valence-electron chi connectivity index (χ4n) is 1.87. The van der Waals surface area contributed by atoms with Crippen LogP contribution in [0.5, 0.6) is 0 Å². The first kappa shape index (κ1) is 15.0. The highest BCUT2D eigenvalue weighted by Gasteiger charge is 2.15. The lowest BCUT2D eigenvalue weighted by Gasteiger charge is -1.98. The summed E-state index contributed by atoms with van der Waals surface area (Å²) in [5, 5.41) is 15.9. The number of nitrogens with zero attached hydrogens (tertiary/aromatic N) is 3. The van der Waals surface area contributed by atoms with Crippen molar-refractivity contribution in [1.29, 1.82) is 0 Å². The van der Waals surface area contributed by atoms with Crippen LogP contribution >= 0.6 is 23.1 Å². The van der Waals surface area contributed by atoms with Gasteiger partial charge < -0.3 is 9.84 Å². The maximum absolute atomic E-state index is 13.0. The zero-order chi connectivity index (χ0) is 15.5. The molecule has 0 amide bonds. The largest absolute Gasteiger partial charge is 0.363 e. The lowest BCUT2D eigenvalue weighted by atomic mass is 10.1. The standard InChI is InChI=1S/C14H13FN4OS2/c1-8-11(7-21-14-18-17-13(16-2)22-14)19-20-12(8)9-3-5-10(15)6-4-9/h3-6H,7H2,1-2H3,(H,16,17). The van der Waals surface area contributed by atoms with E-state index >= 15 is 0 Å². The van der Waals surface area contributed by atoms with E-state index in [9.17, 15) is 4.39 Å². The van der Waals surface area contributed by atoms with Crippen molar-refractivity contribution in [2.75, 3.05) is 12.4 Å². The molecule has 0 bridgehead atoms. The summed E-state index contributed by atoms with van der Waals surface area (Å²) in [6.45, 7) is 1.95. The predicted molar refractivity (Wildman–Crippen MR) is 85.7 cm³/mol. The molecule has 8 heteroatoms. The number of rotatable bonds is 5. The van der Waals surface area contributed by atoms with Gasteiger partial charge in [0, 0.05) is 23.9 Å². The van der Waals surface area contributed by atoms with Crippen LogP contribution in [-0.2, 0) is 5.75 Å². The Balaban J connectivity index is 1.74. The molecule has 0 fully saturated rings. The van der Waals surface area contributed by atoms with Crippen LogP contribution in [0.15, 0.2) is 33.1 Å². The van der Waals surface area contributed by atoms with E-state index in [2.05, 4.69) is 20.7 Å². The Hall–Kier alpha value is -1.93. The highest BCUT2D eigenvalue weighted by Crippen LogP contribution is 2.31. The number of benzene rings is 1. The van der Waals surface area contributed by atoms with Crippen molar-refractivity contribution >= 4 is 28.2 Å². The second-order valence-corrected chi connectivity index (χ2v) is 6.70. The molecule has 0 unspecified atom stereocenters. The van der Waals surface area contributed by atoms with Gasteiger partial charge in [0.2, 0.25) is 5.13 Å². The van der Waals surface area contributed by atoms with Crippen molar-refractivity contribution < 1.29 is 8.91 Å². The van der Waals surface area contributed by atoms with Crippen molar-refractivity contribution in [2.24, 2.45) is 0 Å². The first-order valence-corrected chi connectivity index (χ1v) is 8.32. The second kappa shape index (κ2) is 6.45. The normalized spacial score (nSPS) is 10.9. The average molecular weight is 336 g/mol. The molecule has 5 nitrogen and oxygen atoms in total. The maximum atomic E-state index is 13.0. The van der Waals surface area contributed by atoms with E-state index in [-0.39, 0.29) is 5.82 Å². The number of aromatic nitrogens is 3. The molecule has 22 heavy (non-hydrogen) atoms. The van der Waals surface area contributed by atoms with Crippen LogP contribution in [-0.4, -0.2) is 22.4 Å². The number of hydrogen-bond acceptors (Lipinski definition) is 7. The SMILES string of the molecule is CNc1nnc(SCc2noc(-c3ccc(F)cc3)c2C)s1. The number of halogens is 1. The molecule has 3 rings (SSSR count). The van der Waals surface area contributed by atoms with Gasteiger partial charge in [0.15, 0.2) is 10.1 Å². The van der Waals surface area contributed by atoms with Gasteiger partial charge in [-0.3, -0.25) is 0 Å². The number of nitrogens with one attached hydrogen (secondary N) is 1. The minimum absolute atomic E-state index is 0.270. The van der Waals surface area contributed by atoms with Crippen LogP contribution in [0.25, 0.3) is 11.3 Å². The first-order chi connectivity index (χ1) is 10.7. The number of anilines is 1. The van der Waals surface area contributed by atoms with Gasteiger partial charge in [0.25, 0.3) is 0 Å². The Bertz CT molecular complexity index is 770. The van der Waals surface area contributed by atoms with E-state index in [1.807, 2.05) is 14.0 Å². The lowest BCUT2D eigenvalue weighted by molar-refractivity contribution is 0.426. The monoisotopic (exact) mass is 336 g/mol. The number of thioether (sulfide) groups is 1. The molecule has 0 aliphatic carbocycles. The third-order valence-corrected chi connectivity index (χ3v) is 5.17. The molecule has 0 saturated heterocycles.